The van der Waals surface area contributed by atoms with E-state index in [0.29, 0.717) is 23.0 Å². The van der Waals surface area contributed by atoms with Crippen molar-refractivity contribution in [3.8, 4) is 0 Å². The van der Waals surface area contributed by atoms with Gasteiger partial charge in [0.25, 0.3) is 11.8 Å². The van der Waals surface area contributed by atoms with Crippen LogP contribution in [0.1, 0.15) is 60.2 Å². The van der Waals surface area contributed by atoms with Gasteiger partial charge in [-0.3, -0.25) is 9.59 Å². The van der Waals surface area contributed by atoms with E-state index in [1.807, 2.05) is 34.1 Å². The van der Waals surface area contributed by atoms with E-state index in [-0.39, 0.29) is 11.8 Å². The van der Waals surface area contributed by atoms with Crippen molar-refractivity contribution < 1.29 is 9.59 Å². The Hall–Kier alpha value is -1.84. The van der Waals surface area contributed by atoms with Crippen LogP contribution >= 0.6 is 0 Å². The van der Waals surface area contributed by atoms with Gasteiger partial charge in [0, 0.05) is 37.3 Å². The van der Waals surface area contributed by atoms with E-state index < -0.39 is 0 Å². The summed E-state index contributed by atoms with van der Waals surface area (Å²) in [7, 11) is 0. The highest BCUT2D eigenvalue weighted by Crippen LogP contribution is 2.20. The molecule has 3 rings (SSSR count). The van der Waals surface area contributed by atoms with Crippen LogP contribution in [0.5, 0.6) is 0 Å². The molecule has 0 saturated carbocycles. The van der Waals surface area contributed by atoms with Crippen molar-refractivity contribution in [2.75, 3.05) is 26.2 Å². The fraction of sp³-hybridized carbons (Fsp3) is 0.600. The molecule has 130 valence electrons. The third-order valence-electron chi connectivity index (χ3n) is 5.27. The smallest absolute Gasteiger partial charge is 0.253 e. The van der Waals surface area contributed by atoms with Crippen molar-refractivity contribution in [3.63, 3.8) is 0 Å². The molecule has 2 fully saturated rings. The number of piperidine rings is 2. The Morgan fingerprint density at radius 3 is 1.50 bits per heavy atom. The van der Waals surface area contributed by atoms with Crippen LogP contribution < -0.4 is 0 Å². The number of hydrogen-bond donors (Lipinski definition) is 0. The number of likely N-dealkylation sites (tertiary alicyclic amines) is 2. The van der Waals surface area contributed by atoms with Crippen molar-refractivity contribution in [2.45, 2.75) is 39.5 Å². The van der Waals surface area contributed by atoms with Crippen LogP contribution in [-0.4, -0.2) is 47.8 Å². The lowest BCUT2D eigenvalue weighted by atomic mass is 9.98. The third-order valence-corrected chi connectivity index (χ3v) is 5.27. The van der Waals surface area contributed by atoms with Gasteiger partial charge in [0.05, 0.1) is 0 Å². The van der Waals surface area contributed by atoms with Gasteiger partial charge in [-0.1, -0.05) is 13.8 Å². The van der Waals surface area contributed by atoms with Gasteiger partial charge in [-0.25, -0.2) is 0 Å². The maximum Gasteiger partial charge on any atom is 0.253 e. The summed E-state index contributed by atoms with van der Waals surface area (Å²) >= 11 is 0. The molecule has 2 saturated heterocycles. The summed E-state index contributed by atoms with van der Waals surface area (Å²) in [6.45, 7) is 7.75. The SMILES string of the molecule is C[C@H]1CCCN(C(=O)c2ccc(C(=O)N3CCC[C@H](C)C3)cc2)C1. The highest BCUT2D eigenvalue weighted by molar-refractivity contribution is 5.97. The van der Waals surface area contributed by atoms with Crippen LogP contribution in [0.15, 0.2) is 24.3 Å². The molecule has 2 aliphatic heterocycles. The highest BCUT2D eigenvalue weighted by atomic mass is 16.2. The second-order valence-electron chi connectivity index (χ2n) is 7.57. The van der Waals surface area contributed by atoms with Gasteiger partial charge in [-0.15, -0.1) is 0 Å². The van der Waals surface area contributed by atoms with Gasteiger partial charge in [-0.2, -0.15) is 0 Å². The van der Waals surface area contributed by atoms with Crippen molar-refractivity contribution >= 4 is 11.8 Å². The van der Waals surface area contributed by atoms with E-state index in [9.17, 15) is 9.59 Å². The summed E-state index contributed by atoms with van der Waals surface area (Å²) in [4.78, 5) is 29.1. The molecule has 0 spiro atoms. The summed E-state index contributed by atoms with van der Waals surface area (Å²) < 4.78 is 0. The summed E-state index contributed by atoms with van der Waals surface area (Å²) in [6.07, 6.45) is 4.56. The quantitative estimate of drug-likeness (QED) is 0.834. The van der Waals surface area contributed by atoms with Crippen LogP contribution in [0.3, 0.4) is 0 Å². The fourth-order valence-corrected chi connectivity index (χ4v) is 3.87. The zero-order chi connectivity index (χ0) is 17.1. The molecule has 4 heteroatoms. The number of benzene rings is 1. The molecule has 1 aromatic rings. The Labute approximate surface area is 144 Å². The molecule has 2 amide bonds. The molecule has 0 N–H and O–H groups in total. The van der Waals surface area contributed by atoms with Crippen LogP contribution in [0.4, 0.5) is 0 Å². The standard InChI is InChI=1S/C20H28N2O2/c1-15-5-3-11-21(13-15)19(23)17-7-9-18(10-8-17)20(24)22-12-4-6-16(2)14-22/h7-10,15-16H,3-6,11-14H2,1-2H3/t15-,16-/m0/s1. The van der Waals surface area contributed by atoms with Gasteiger partial charge < -0.3 is 9.80 Å². The van der Waals surface area contributed by atoms with Crippen molar-refractivity contribution in [2.24, 2.45) is 11.8 Å². The normalized spacial score (nSPS) is 24.8. The first-order valence-corrected chi connectivity index (χ1v) is 9.23. The maximum absolute atomic E-state index is 12.6. The monoisotopic (exact) mass is 328 g/mol. The molecule has 4 nitrogen and oxygen atoms in total. The first-order chi connectivity index (χ1) is 11.5. The Bertz CT molecular complexity index is 543. The number of nitrogens with zero attached hydrogens (tertiary/aromatic N) is 2. The van der Waals surface area contributed by atoms with Gasteiger partial charge in [0.2, 0.25) is 0 Å². The minimum Gasteiger partial charge on any atom is -0.338 e. The van der Waals surface area contributed by atoms with Gasteiger partial charge in [0.15, 0.2) is 0 Å². The molecule has 2 aliphatic rings. The van der Waals surface area contributed by atoms with Gasteiger partial charge >= 0.3 is 0 Å². The Balaban J connectivity index is 1.66. The number of amides is 2. The van der Waals surface area contributed by atoms with Crippen molar-refractivity contribution in [3.05, 3.63) is 35.4 Å². The summed E-state index contributed by atoms with van der Waals surface area (Å²) in [5, 5.41) is 0. The Morgan fingerprint density at radius 2 is 1.17 bits per heavy atom. The van der Waals surface area contributed by atoms with E-state index in [0.717, 1.165) is 39.0 Å². The third kappa shape index (κ3) is 3.80. The van der Waals surface area contributed by atoms with Gasteiger partial charge in [-0.05, 0) is 61.8 Å². The average molecular weight is 328 g/mol. The molecule has 24 heavy (non-hydrogen) atoms. The van der Waals surface area contributed by atoms with Crippen LogP contribution in [-0.2, 0) is 0 Å². The van der Waals surface area contributed by atoms with E-state index in [1.165, 1.54) is 12.8 Å². The summed E-state index contributed by atoms with van der Waals surface area (Å²) in [6, 6.07) is 7.23. The molecule has 0 aliphatic carbocycles. The number of carbonyl (C=O) groups is 2. The molecule has 0 bridgehead atoms. The predicted molar refractivity (Wildman–Crippen MR) is 95.0 cm³/mol. The van der Waals surface area contributed by atoms with Crippen LogP contribution in [0.2, 0.25) is 0 Å². The second-order valence-corrected chi connectivity index (χ2v) is 7.57. The lowest BCUT2D eigenvalue weighted by Gasteiger charge is -2.31. The van der Waals surface area contributed by atoms with E-state index >= 15 is 0 Å². The maximum atomic E-state index is 12.6. The molecular formula is C20H28N2O2. The minimum absolute atomic E-state index is 0.0899. The lowest BCUT2D eigenvalue weighted by molar-refractivity contribution is 0.0672. The first-order valence-electron chi connectivity index (χ1n) is 9.23. The highest BCUT2D eigenvalue weighted by Gasteiger charge is 2.24. The predicted octanol–water partition coefficient (Wildman–Crippen LogP) is 3.43. The second kappa shape index (κ2) is 7.37. The molecule has 0 aromatic heterocycles. The Kier molecular flexibility index (Phi) is 5.22. The minimum atomic E-state index is 0.0899. The molecular weight excluding hydrogens is 300 g/mol. The topological polar surface area (TPSA) is 40.6 Å². The first kappa shape index (κ1) is 17.0. The zero-order valence-electron chi connectivity index (χ0n) is 14.8. The van der Waals surface area contributed by atoms with E-state index in [2.05, 4.69) is 13.8 Å². The zero-order valence-corrected chi connectivity index (χ0v) is 14.8. The van der Waals surface area contributed by atoms with E-state index in [1.54, 1.807) is 0 Å². The molecule has 0 radical (unpaired) electrons. The van der Waals surface area contributed by atoms with Gasteiger partial charge in [0.1, 0.15) is 0 Å². The molecule has 2 atom stereocenters. The summed E-state index contributed by atoms with van der Waals surface area (Å²) in [5.74, 6) is 1.33. The van der Waals surface area contributed by atoms with Crippen LogP contribution in [0.25, 0.3) is 0 Å². The lowest BCUT2D eigenvalue weighted by Crippen LogP contribution is -2.39. The average Bonchev–Trinajstić information content (AvgIpc) is 2.60. The number of rotatable bonds is 2. The molecule has 0 unspecified atom stereocenters. The summed E-state index contributed by atoms with van der Waals surface area (Å²) in [5.41, 5.74) is 1.38. The molecule has 2 heterocycles. The fourth-order valence-electron chi connectivity index (χ4n) is 3.87. The van der Waals surface area contributed by atoms with Crippen molar-refractivity contribution in [1.82, 2.24) is 9.80 Å². The van der Waals surface area contributed by atoms with Crippen molar-refractivity contribution in [1.29, 1.82) is 0 Å². The van der Waals surface area contributed by atoms with E-state index in [4.69, 9.17) is 0 Å². The number of hydrogen-bond acceptors (Lipinski definition) is 2. The van der Waals surface area contributed by atoms with Crippen LogP contribution in [0, 0.1) is 11.8 Å². The molecule has 1 aromatic carbocycles. The Morgan fingerprint density at radius 1 is 0.792 bits per heavy atom. The largest absolute Gasteiger partial charge is 0.338 e. The number of carbonyl (C=O) groups excluding carboxylic acids is 2.